The van der Waals surface area contributed by atoms with Gasteiger partial charge in [0, 0.05) is 0 Å². The molecule has 0 radical (unpaired) electrons. The zero-order valence-electron chi connectivity index (χ0n) is 19.6. The Morgan fingerprint density at radius 1 is 1.09 bits per heavy atom. The molecule has 0 unspecified atom stereocenters. The van der Waals surface area contributed by atoms with Gasteiger partial charge in [-0.2, -0.15) is 15.1 Å². The zero-order valence-corrected chi connectivity index (χ0v) is 20.4. The normalized spacial score (nSPS) is 16.4. The van der Waals surface area contributed by atoms with E-state index in [1.807, 2.05) is 30.3 Å². The maximum absolute atomic E-state index is 12.6. The minimum Gasteiger partial charge on any atom is -0.490 e. The largest absolute Gasteiger partial charge is 0.490 e. The number of carbonyl (C=O) groups excluding carboxylic acids is 1. The van der Waals surface area contributed by atoms with Gasteiger partial charge < -0.3 is 9.47 Å². The summed E-state index contributed by atoms with van der Waals surface area (Å²) in [5, 5.41) is 15.7. The Balaban J connectivity index is 1.39. The highest BCUT2D eigenvalue weighted by atomic mass is 32.2. The smallest absolute Gasteiger partial charge is 0.283 e. The number of amides is 1. The summed E-state index contributed by atoms with van der Waals surface area (Å²) in [5.41, 5.74) is 3.38. The van der Waals surface area contributed by atoms with Gasteiger partial charge in [0.25, 0.3) is 5.91 Å². The van der Waals surface area contributed by atoms with E-state index in [4.69, 9.17) is 14.9 Å². The van der Waals surface area contributed by atoms with Crippen molar-refractivity contribution in [3.63, 3.8) is 0 Å². The van der Waals surface area contributed by atoms with Crippen LogP contribution >= 0.6 is 11.8 Å². The van der Waals surface area contributed by atoms with Crippen LogP contribution in [-0.2, 0) is 11.2 Å². The fourth-order valence-electron chi connectivity index (χ4n) is 3.64. The Morgan fingerprint density at radius 3 is 2.65 bits per heavy atom. The van der Waals surface area contributed by atoms with Crippen LogP contribution in [0.15, 0.2) is 58.1 Å². The lowest BCUT2D eigenvalue weighted by Gasteiger charge is -2.20. The van der Waals surface area contributed by atoms with E-state index in [2.05, 4.69) is 43.0 Å². The molecule has 1 N–H and O–H groups in total. The molecule has 34 heavy (non-hydrogen) atoms. The van der Waals surface area contributed by atoms with Gasteiger partial charge in [-0.1, -0.05) is 32.0 Å². The first-order valence-electron chi connectivity index (χ1n) is 11.4. The minimum absolute atomic E-state index is 0.0397. The number of rotatable bonds is 9. The van der Waals surface area contributed by atoms with Crippen molar-refractivity contribution >= 4 is 39.8 Å². The number of aliphatic imine (C=N–C) groups is 1. The third kappa shape index (κ3) is 5.56. The molecule has 0 atom stereocenters. The van der Waals surface area contributed by atoms with Crippen LogP contribution in [0.2, 0.25) is 0 Å². The second kappa shape index (κ2) is 10.7. The highest BCUT2D eigenvalue weighted by molar-refractivity contribution is 8.26. The molecular formula is C26H28N4O3S. The number of thioether (sulfide) groups is 1. The van der Waals surface area contributed by atoms with Gasteiger partial charge in [0.1, 0.15) is 29.8 Å². The maximum Gasteiger partial charge on any atom is 0.283 e. The maximum atomic E-state index is 12.6. The van der Waals surface area contributed by atoms with Gasteiger partial charge in [-0.15, -0.1) is 0 Å². The average Bonchev–Trinajstić information content (AvgIpc) is 3.22. The molecule has 0 bridgehead atoms. The second-order valence-corrected chi connectivity index (χ2v) is 9.08. The van der Waals surface area contributed by atoms with E-state index in [0.717, 1.165) is 35.6 Å². The number of amidine groups is 2. The summed E-state index contributed by atoms with van der Waals surface area (Å²) in [6.07, 6.45) is 4.37. The van der Waals surface area contributed by atoms with Crippen LogP contribution in [-0.4, -0.2) is 40.2 Å². The quantitative estimate of drug-likeness (QED) is 0.385. The van der Waals surface area contributed by atoms with Crippen molar-refractivity contribution in [2.75, 3.05) is 13.2 Å². The summed E-state index contributed by atoms with van der Waals surface area (Å²) < 4.78 is 11.7. The number of ether oxygens (including phenoxy) is 2. The van der Waals surface area contributed by atoms with E-state index in [1.165, 1.54) is 27.9 Å². The molecular weight excluding hydrogens is 448 g/mol. The lowest BCUT2D eigenvalue weighted by Crippen LogP contribution is -2.35. The van der Waals surface area contributed by atoms with Crippen molar-refractivity contribution in [3.05, 3.63) is 64.7 Å². The number of fused-ring (bicyclic) bond motifs is 1. The number of carbonyl (C=O) groups is 1. The van der Waals surface area contributed by atoms with Crippen LogP contribution in [0.25, 0.3) is 6.08 Å². The van der Waals surface area contributed by atoms with Crippen molar-refractivity contribution in [1.82, 2.24) is 5.01 Å². The number of nitrogens with zero attached hydrogens (tertiary/aromatic N) is 3. The number of hydrogen-bond acceptors (Lipinski definition) is 6. The van der Waals surface area contributed by atoms with Gasteiger partial charge in [-0.3, -0.25) is 10.2 Å². The van der Waals surface area contributed by atoms with Crippen molar-refractivity contribution in [2.24, 2.45) is 10.1 Å². The average molecular weight is 477 g/mol. The molecule has 7 nitrogen and oxygen atoms in total. The van der Waals surface area contributed by atoms with E-state index < -0.39 is 5.91 Å². The molecule has 0 spiro atoms. The lowest BCUT2D eigenvalue weighted by atomic mass is 10.1. The Bertz CT molecular complexity index is 1200. The number of hydrazone groups is 1. The fourth-order valence-corrected chi connectivity index (χ4v) is 4.62. The van der Waals surface area contributed by atoms with E-state index in [1.54, 1.807) is 6.08 Å². The minimum atomic E-state index is -0.430. The first kappa shape index (κ1) is 23.8. The van der Waals surface area contributed by atoms with E-state index in [0.29, 0.717) is 24.1 Å². The van der Waals surface area contributed by atoms with E-state index in [9.17, 15) is 4.79 Å². The van der Waals surface area contributed by atoms with Crippen LogP contribution in [0.5, 0.6) is 11.5 Å². The number of benzene rings is 2. The third-order valence-corrected chi connectivity index (χ3v) is 6.24. The summed E-state index contributed by atoms with van der Waals surface area (Å²) in [5.74, 6) is 1.12. The fraction of sp³-hybridized carbons (Fsp3) is 0.308. The van der Waals surface area contributed by atoms with Crippen molar-refractivity contribution in [3.8, 4) is 11.5 Å². The van der Waals surface area contributed by atoms with Gasteiger partial charge in [-0.25, -0.2) is 0 Å². The molecule has 0 aliphatic carbocycles. The molecule has 2 aliphatic rings. The Kier molecular flexibility index (Phi) is 7.47. The molecule has 2 aromatic carbocycles. The summed E-state index contributed by atoms with van der Waals surface area (Å²) >= 11 is 1.35. The summed E-state index contributed by atoms with van der Waals surface area (Å²) in [6.45, 7) is 7.06. The molecule has 176 valence electrons. The van der Waals surface area contributed by atoms with Crippen molar-refractivity contribution in [2.45, 2.75) is 40.0 Å². The van der Waals surface area contributed by atoms with Gasteiger partial charge in [0.15, 0.2) is 5.84 Å². The highest BCUT2D eigenvalue weighted by Gasteiger charge is 2.35. The monoisotopic (exact) mass is 476 g/mol. The van der Waals surface area contributed by atoms with E-state index in [-0.39, 0.29) is 11.4 Å². The topological polar surface area (TPSA) is 87.3 Å². The summed E-state index contributed by atoms with van der Waals surface area (Å²) in [6, 6.07) is 13.6. The zero-order chi connectivity index (χ0) is 24.1. The molecule has 2 aromatic rings. The predicted octanol–water partition coefficient (Wildman–Crippen LogP) is 5.43. The lowest BCUT2D eigenvalue weighted by molar-refractivity contribution is -0.114. The molecule has 0 saturated heterocycles. The molecule has 2 aliphatic heterocycles. The standard InChI is InChI=1S/C26H28N4O3S/c1-4-7-23-29-30-24(27)22(25(31)28-26(30)34-23)16-19-8-6-9-20(15-19)32-10-11-33-21-13-17(3)12-18(5-2)14-21/h6,8-9,12-16,27H,4-5,7,10-11H2,1-3H3/b22-16-,27-24?. The summed E-state index contributed by atoms with van der Waals surface area (Å²) in [4.78, 5) is 16.7. The summed E-state index contributed by atoms with van der Waals surface area (Å²) in [7, 11) is 0. The Labute approximate surface area is 204 Å². The molecule has 1 amide bonds. The van der Waals surface area contributed by atoms with Gasteiger partial charge in [0.05, 0.1) is 5.57 Å². The van der Waals surface area contributed by atoms with E-state index >= 15 is 0 Å². The molecule has 2 heterocycles. The second-order valence-electron chi connectivity index (χ2n) is 8.04. The number of nitrogens with one attached hydrogen (secondary N) is 1. The van der Waals surface area contributed by atoms with Gasteiger partial charge in [0.2, 0.25) is 5.17 Å². The predicted molar refractivity (Wildman–Crippen MR) is 138 cm³/mol. The molecule has 0 fully saturated rings. The molecule has 8 heteroatoms. The molecule has 4 rings (SSSR count). The van der Waals surface area contributed by atoms with Crippen LogP contribution < -0.4 is 9.47 Å². The van der Waals surface area contributed by atoms with Crippen LogP contribution in [0.3, 0.4) is 0 Å². The number of hydrogen-bond donors (Lipinski definition) is 1. The first-order valence-corrected chi connectivity index (χ1v) is 12.2. The van der Waals surface area contributed by atoms with Crippen molar-refractivity contribution < 1.29 is 14.3 Å². The molecule has 0 saturated carbocycles. The first-order chi connectivity index (χ1) is 16.5. The third-order valence-electron chi connectivity index (χ3n) is 5.27. The van der Waals surface area contributed by atoms with Crippen molar-refractivity contribution in [1.29, 1.82) is 5.41 Å². The Hall–Kier alpha value is -3.39. The SMILES string of the molecule is CCCC1=NN2C(=N)/C(=C/c3cccc(OCCOc4cc(C)cc(CC)c4)c3)C(=O)N=C2S1. The van der Waals surface area contributed by atoms with Crippen LogP contribution in [0.4, 0.5) is 0 Å². The Morgan fingerprint density at radius 2 is 1.88 bits per heavy atom. The number of aryl methyl sites for hydroxylation is 2. The van der Waals surface area contributed by atoms with Crippen LogP contribution in [0, 0.1) is 12.3 Å². The highest BCUT2D eigenvalue weighted by Crippen LogP contribution is 2.30. The molecule has 0 aromatic heterocycles. The van der Waals surface area contributed by atoms with Gasteiger partial charge in [-0.05, 0) is 85.0 Å². The van der Waals surface area contributed by atoms with Gasteiger partial charge >= 0.3 is 0 Å². The van der Waals surface area contributed by atoms with Crippen LogP contribution in [0.1, 0.15) is 43.4 Å².